The maximum atomic E-state index is 12.1. The first-order chi connectivity index (χ1) is 11.1. The van der Waals surface area contributed by atoms with E-state index in [1.807, 2.05) is 14.0 Å². The molecule has 2 N–H and O–H groups in total. The highest BCUT2D eigenvalue weighted by atomic mass is 35.5. The Labute approximate surface area is 164 Å². The highest BCUT2D eigenvalue weighted by Gasteiger charge is 2.17. The van der Waals surface area contributed by atoms with Gasteiger partial charge >= 0.3 is 0 Å². The number of nitrogens with one attached hydrogen (secondary N) is 2. The molecule has 1 fully saturated rings. The molecule has 1 aromatic rings. The molecule has 1 saturated heterocycles. The summed E-state index contributed by atoms with van der Waals surface area (Å²) in [5.41, 5.74) is 2.57. The number of benzene rings is 1. The fraction of sp³-hybridized carbons (Fsp3) is 0.632. The van der Waals surface area contributed by atoms with E-state index in [1.54, 1.807) is 0 Å². The smallest absolute Gasteiger partial charge is 0.224 e. The standard InChI is InChI=1S/C19H31N3O.2ClH/c1-15-7-6-10-22(13-15)14-18-9-5-4-8-17(18)12-21-19(23)16(2)11-20-3;;/h4-5,8-9,15-16,20H,6-7,10-14H2,1-3H3,(H,21,23);2*1H. The van der Waals surface area contributed by atoms with E-state index < -0.39 is 0 Å². The Bertz CT molecular complexity index is 513. The fourth-order valence-corrected chi connectivity index (χ4v) is 3.31. The van der Waals surface area contributed by atoms with Gasteiger partial charge in [-0.1, -0.05) is 38.1 Å². The second-order valence-corrected chi connectivity index (χ2v) is 6.93. The van der Waals surface area contributed by atoms with Crippen molar-refractivity contribution in [3.63, 3.8) is 0 Å². The number of carbonyl (C=O) groups excluding carboxylic acids is 1. The molecule has 0 aromatic heterocycles. The van der Waals surface area contributed by atoms with Gasteiger partial charge in [-0.25, -0.2) is 0 Å². The normalized spacial score (nSPS) is 18.6. The number of hydrogen-bond donors (Lipinski definition) is 2. The second kappa shape index (κ2) is 12.5. The van der Waals surface area contributed by atoms with E-state index in [9.17, 15) is 4.79 Å². The van der Waals surface area contributed by atoms with Crippen molar-refractivity contribution in [3.05, 3.63) is 35.4 Å². The van der Waals surface area contributed by atoms with Crippen LogP contribution in [0.4, 0.5) is 0 Å². The molecule has 0 radical (unpaired) electrons. The zero-order valence-electron chi connectivity index (χ0n) is 15.6. The van der Waals surface area contributed by atoms with Crippen LogP contribution in [0.15, 0.2) is 24.3 Å². The van der Waals surface area contributed by atoms with Crippen molar-refractivity contribution in [1.29, 1.82) is 0 Å². The van der Waals surface area contributed by atoms with E-state index >= 15 is 0 Å². The first kappa shape index (κ1) is 24.2. The minimum Gasteiger partial charge on any atom is -0.352 e. The largest absolute Gasteiger partial charge is 0.352 e. The maximum Gasteiger partial charge on any atom is 0.224 e. The zero-order chi connectivity index (χ0) is 16.7. The van der Waals surface area contributed by atoms with Gasteiger partial charge in [-0.15, -0.1) is 24.8 Å². The van der Waals surface area contributed by atoms with Gasteiger partial charge in [0.05, 0.1) is 0 Å². The van der Waals surface area contributed by atoms with Gasteiger partial charge in [0.25, 0.3) is 0 Å². The summed E-state index contributed by atoms with van der Waals surface area (Å²) in [6.45, 7) is 8.96. The Hall–Kier alpha value is -0.810. The molecule has 4 nitrogen and oxygen atoms in total. The maximum absolute atomic E-state index is 12.1. The number of rotatable bonds is 7. The van der Waals surface area contributed by atoms with Crippen molar-refractivity contribution >= 4 is 30.7 Å². The Kier molecular flexibility index (Phi) is 12.1. The molecule has 2 atom stereocenters. The Morgan fingerprint density at radius 3 is 2.60 bits per heavy atom. The molecule has 0 saturated carbocycles. The average molecular weight is 390 g/mol. The molecule has 2 rings (SSSR count). The minimum absolute atomic E-state index is 0. The SMILES string of the molecule is CNCC(C)C(=O)NCc1ccccc1CN1CCCC(C)C1.Cl.Cl. The molecule has 0 aliphatic carbocycles. The summed E-state index contributed by atoms with van der Waals surface area (Å²) in [6.07, 6.45) is 2.64. The van der Waals surface area contributed by atoms with Crippen LogP contribution in [0.3, 0.4) is 0 Å². The van der Waals surface area contributed by atoms with Crippen LogP contribution in [0.1, 0.15) is 37.8 Å². The van der Waals surface area contributed by atoms with Gasteiger partial charge in [0.1, 0.15) is 0 Å². The minimum atomic E-state index is -0.00453. The lowest BCUT2D eigenvalue weighted by atomic mass is 9.99. The summed E-state index contributed by atoms with van der Waals surface area (Å²) in [5, 5.41) is 6.12. The Morgan fingerprint density at radius 1 is 1.28 bits per heavy atom. The molecule has 1 amide bonds. The molecule has 0 spiro atoms. The summed E-state index contributed by atoms with van der Waals surface area (Å²) >= 11 is 0. The first-order valence-electron chi connectivity index (χ1n) is 8.81. The van der Waals surface area contributed by atoms with Crippen molar-refractivity contribution in [2.75, 3.05) is 26.7 Å². The molecule has 1 heterocycles. The molecular weight excluding hydrogens is 357 g/mol. The van der Waals surface area contributed by atoms with Crippen molar-refractivity contribution in [1.82, 2.24) is 15.5 Å². The van der Waals surface area contributed by atoms with Crippen molar-refractivity contribution < 1.29 is 4.79 Å². The third-order valence-corrected chi connectivity index (χ3v) is 4.66. The van der Waals surface area contributed by atoms with Crippen molar-refractivity contribution in [2.24, 2.45) is 11.8 Å². The molecule has 2 unspecified atom stereocenters. The summed E-state index contributed by atoms with van der Waals surface area (Å²) < 4.78 is 0. The number of halogens is 2. The van der Waals surface area contributed by atoms with Crippen molar-refractivity contribution in [2.45, 2.75) is 39.8 Å². The van der Waals surface area contributed by atoms with E-state index in [0.717, 1.165) is 12.5 Å². The van der Waals surface area contributed by atoms with Gasteiger partial charge in [-0.05, 0) is 43.5 Å². The van der Waals surface area contributed by atoms with Gasteiger partial charge in [0.15, 0.2) is 0 Å². The summed E-state index contributed by atoms with van der Waals surface area (Å²) in [5.74, 6) is 0.897. The lowest BCUT2D eigenvalue weighted by Gasteiger charge is -2.31. The molecule has 25 heavy (non-hydrogen) atoms. The number of nitrogens with zero attached hydrogens (tertiary/aromatic N) is 1. The highest BCUT2D eigenvalue weighted by Crippen LogP contribution is 2.19. The van der Waals surface area contributed by atoms with Crippen LogP contribution in [0.25, 0.3) is 0 Å². The zero-order valence-corrected chi connectivity index (χ0v) is 17.2. The van der Waals surface area contributed by atoms with Crippen LogP contribution < -0.4 is 10.6 Å². The van der Waals surface area contributed by atoms with Crippen molar-refractivity contribution in [3.8, 4) is 0 Å². The summed E-state index contributed by atoms with van der Waals surface area (Å²) in [7, 11) is 1.87. The predicted octanol–water partition coefficient (Wildman–Crippen LogP) is 3.23. The predicted molar refractivity (Wildman–Crippen MR) is 110 cm³/mol. The van der Waals surface area contributed by atoms with Gasteiger partial charge in [-0.2, -0.15) is 0 Å². The number of amides is 1. The quantitative estimate of drug-likeness (QED) is 0.751. The number of likely N-dealkylation sites (tertiary alicyclic amines) is 1. The second-order valence-electron chi connectivity index (χ2n) is 6.93. The Morgan fingerprint density at radius 2 is 1.96 bits per heavy atom. The number of hydrogen-bond acceptors (Lipinski definition) is 3. The van der Waals surface area contributed by atoms with Crippen LogP contribution in [-0.4, -0.2) is 37.5 Å². The van der Waals surface area contributed by atoms with Gasteiger partial charge in [0.2, 0.25) is 5.91 Å². The molecular formula is C19H33Cl2N3O. The Balaban J connectivity index is 0.00000288. The topological polar surface area (TPSA) is 44.4 Å². The lowest BCUT2D eigenvalue weighted by molar-refractivity contribution is -0.124. The number of piperidine rings is 1. The third-order valence-electron chi connectivity index (χ3n) is 4.66. The van der Waals surface area contributed by atoms with E-state index in [1.165, 1.54) is 37.1 Å². The monoisotopic (exact) mass is 389 g/mol. The van der Waals surface area contributed by atoms with Crippen LogP contribution in [0, 0.1) is 11.8 Å². The molecule has 6 heteroatoms. The van der Waals surface area contributed by atoms with E-state index in [2.05, 4.69) is 46.7 Å². The van der Waals surface area contributed by atoms with Gasteiger partial charge in [-0.3, -0.25) is 9.69 Å². The molecule has 1 aliphatic rings. The van der Waals surface area contributed by atoms with Crippen LogP contribution in [0.5, 0.6) is 0 Å². The molecule has 0 bridgehead atoms. The lowest BCUT2D eigenvalue weighted by Crippen LogP contribution is -2.35. The molecule has 1 aromatic carbocycles. The van der Waals surface area contributed by atoms with Crippen LogP contribution in [0.2, 0.25) is 0 Å². The van der Waals surface area contributed by atoms with Gasteiger partial charge < -0.3 is 10.6 Å². The van der Waals surface area contributed by atoms with Crippen LogP contribution >= 0.6 is 24.8 Å². The van der Waals surface area contributed by atoms with E-state index in [4.69, 9.17) is 0 Å². The fourth-order valence-electron chi connectivity index (χ4n) is 3.31. The molecule has 144 valence electrons. The van der Waals surface area contributed by atoms with E-state index in [0.29, 0.717) is 13.1 Å². The first-order valence-corrected chi connectivity index (χ1v) is 8.81. The molecule has 1 aliphatic heterocycles. The van der Waals surface area contributed by atoms with Gasteiger partial charge in [0, 0.05) is 32.1 Å². The number of carbonyl (C=O) groups is 1. The van der Waals surface area contributed by atoms with E-state index in [-0.39, 0.29) is 36.6 Å². The third kappa shape index (κ3) is 7.95. The average Bonchev–Trinajstić information content (AvgIpc) is 2.54. The highest BCUT2D eigenvalue weighted by molar-refractivity contribution is 5.85. The summed E-state index contributed by atoms with van der Waals surface area (Å²) in [6, 6.07) is 8.47. The summed E-state index contributed by atoms with van der Waals surface area (Å²) in [4.78, 5) is 14.6. The van der Waals surface area contributed by atoms with Crippen LogP contribution in [-0.2, 0) is 17.9 Å².